The molecule has 25 heavy (non-hydrogen) atoms. The third-order valence-corrected chi connectivity index (χ3v) is 5.33. The monoisotopic (exact) mass is 372 g/mol. The second-order valence-corrected chi connectivity index (χ2v) is 7.74. The van der Waals surface area contributed by atoms with Crippen molar-refractivity contribution in [1.82, 2.24) is 4.72 Å². The minimum atomic E-state index is -3.89. The zero-order chi connectivity index (χ0) is 18.4. The summed E-state index contributed by atoms with van der Waals surface area (Å²) < 4.78 is 38.4. The fourth-order valence-electron chi connectivity index (χ4n) is 2.64. The molecule has 140 valence electrons. The van der Waals surface area contributed by atoms with Crippen molar-refractivity contribution in [1.29, 1.82) is 0 Å². The van der Waals surface area contributed by atoms with E-state index < -0.39 is 16.0 Å². The average molecular weight is 372 g/mol. The van der Waals surface area contributed by atoms with Gasteiger partial charge in [-0.25, -0.2) is 17.9 Å². The molecule has 0 saturated carbocycles. The van der Waals surface area contributed by atoms with Gasteiger partial charge in [-0.15, -0.1) is 0 Å². The number of methoxy groups -OCH3 is 1. The fraction of sp³-hybridized carbons (Fsp3) is 0.562. The van der Waals surface area contributed by atoms with E-state index in [1.807, 2.05) is 6.92 Å². The van der Waals surface area contributed by atoms with Crippen LogP contribution in [0, 0.1) is 0 Å². The maximum Gasteiger partial charge on any atom is 0.335 e. The Kier molecular flexibility index (Phi) is 6.77. The van der Waals surface area contributed by atoms with Crippen LogP contribution >= 0.6 is 0 Å². The zero-order valence-electron chi connectivity index (χ0n) is 14.3. The highest BCUT2D eigenvalue weighted by molar-refractivity contribution is 7.89. The smallest absolute Gasteiger partial charge is 0.335 e. The van der Waals surface area contributed by atoms with Gasteiger partial charge in [0.15, 0.2) is 0 Å². The van der Waals surface area contributed by atoms with Crippen molar-refractivity contribution in [3.8, 4) is 0 Å². The minimum Gasteiger partial charge on any atom is -0.478 e. The van der Waals surface area contributed by atoms with Gasteiger partial charge in [-0.1, -0.05) is 0 Å². The third-order valence-electron chi connectivity index (χ3n) is 3.86. The molecule has 1 heterocycles. The van der Waals surface area contributed by atoms with Crippen molar-refractivity contribution >= 4 is 21.7 Å². The molecule has 1 fully saturated rings. The molecule has 1 aromatic carbocycles. The summed E-state index contributed by atoms with van der Waals surface area (Å²) in [6.07, 6.45) is 1.55. The van der Waals surface area contributed by atoms with Crippen molar-refractivity contribution in [3.63, 3.8) is 0 Å². The fourth-order valence-corrected chi connectivity index (χ4v) is 3.90. The molecule has 3 N–H and O–H groups in total. The molecule has 8 nitrogen and oxygen atoms in total. The van der Waals surface area contributed by atoms with Crippen molar-refractivity contribution in [2.24, 2.45) is 0 Å². The van der Waals surface area contributed by atoms with Crippen LogP contribution in [0.15, 0.2) is 23.1 Å². The molecule has 2 atom stereocenters. The topological polar surface area (TPSA) is 114 Å². The summed E-state index contributed by atoms with van der Waals surface area (Å²) in [5, 5.41) is 12.2. The highest BCUT2D eigenvalue weighted by atomic mass is 32.2. The van der Waals surface area contributed by atoms with E-state index >= 15 is 0 Å². The summed E-state index contributed by atoms with van der Waals surface area (Å²) >= 11 is 0. The molecule has 0 radical (unpaired) electrons. The summed E-state index contributed by atoms with van der Waals surface area (Å²) in [6, 6.07) is 3.83. The van der Waals surface area contributed by atoms with Crippen LogP contribution in [-0.2, 0) is 19.5 Å². The van der Waals surface area contributed by atoms with Gasteiger partial charge in [0.1, 0.15) is 4.90 Å². The van der Waals surface area contributed by atoms with Crippen molar-refractivity contribution < 1.29 is 27.8 Å². The van der Waals surface area contributed by atoms with Gasteiger partial charge in [0.25, 0.3) is 0 Å². The number of aromatic carboxylic acids is 1. The Morgan fingerprint density at radius 1 is 1.48 bits per heavy atom. The number of sulfonamides is 1. The molecule has 1 aliphatic rings. The summed E-state index contributed by atoms with van der Waals surface area (Å²) in [7, 11) is -2.34. The number of ether oxygens (including phenoxy) is 2. The molecular weight excluding hydrogens is 348 g/mol. The van der Waals surface area contributed by atoms with Crippen molar-refractivity contribution in [2.75, 3.05) is 32.2 Å². The van der Waals surface area contributed by atoms with Gasteiger partial charge in [-0.2, -0.15) is 0 Å². The van der Waals surface area contributed by atoms with Gasteiger partial charge in [0, 0.05) is 26.3 Å². The third kappa shape index (κ3) is 5.40. The van der Waals surface area contributed by atoms with Crippen LogP contribution in [0.2, 0.25) is 0 Å². The SMILES string of the molecule is COCC(C)Nc1ccc(C(=O)O)cc1S(=O)(=O)NCC1CCCO1. The average Bonchev–Trinajstić information content (AvgIpc) is 3.07. The van der Waals surface area contributed by atoms with E-state index in [9.17, 15) is 13.2 Å². The van der Waals surface area contributed by atoms with Crippen molar-refractivity contribution in [2.45, 2.75) is 36.8 Å². The highest BCUT2D eigenvalue weighted by Gasteiger charge is 2.24. The number of hydrogen-bond donors (Lipinski definition) is 3. The van der Waals surface area contributed by atoms with Gasteiger partial charge in [-0.3, -0.25) is 0 Å². The number of carbonyl (C=O) groups is 1. The Hall–Kier alpha value is -1.68. The Labute approximate surface area is 147 Å². The van der Waals surface area contributed by atoms with Crippen LogP contribution in [-0.4, -0.2) is 58.5 Å². The summed E-state index contributed by atoms with van der Waals surface area (Å²) in [6.45, 7) is 3.00. The van der Waals surface area contributed by atoms with Crippen LogP contribution < -0.4 is 10.0 Å². The molecule has 0 aromatic heterocycles. The number of nitrogens with one attached hydrogen (secondary N) is 2. The molecule has 0 bridgehead atoms. The molecule has 0 spiro atoms. The highest BCUT2D eigenvalue weighted by Crippen LogP contribution is 2.24. The Morgan fingerprint density at radius 3 is 2.84 bits per heavy atom. The number of carboxylic acids is 1. The van der Waals surface area contributed by atoms with Crippen LogP contribution in [0.25, 0.3) is 0 Å². The maximum atomic E-state index is 12.7. The zero-order valence-corrected chi connectivity index (χ0v) is 15.1. The van der Waals surface area contributed by atoms with E-state index in [2.05, 4.69) is 10.0 Å². The summed E-state index contributed by atoms with van der Waals surface area (Å²) in [5.41, 5.74) is 0.233. The molecule has 0 amide bonds. The summed E-state index contributed by atoms with van der Waals surface area (Å²) in [4.78, 5) is 11.1. The molecule has 1 saturated heterocycles. The minimum absolute atomic E-state index is 0.0950. The van der Waals surface area contributed by atoms with Crippen LogP contribution in [0.5, 0.6) is 0 Å². The molecule has 0 aliphatic carbocycles. The van der Waals surface area contributed by atoms with E-state index in [1.165, 1.54) is 12.1 Å². The number of benzene rings is 1. The lowest BCUT2D eigenvalue weighted by Gasteiger charge is -2.19. The second-order valence-electron chi connectivity index (χ2n) is 6.00. The molecule has 1 aromatic rings. The van der Waals surface area contributed by atoms with E-state index in [0.29, 0.717) is 18.9 Å². The Bertz CT molecular complexity index is 701. The maximum absolute atomic E-state index is 12.7. The lowest BCUT2D eigenvalue weighted by Crippen LogP contribution is -2.33. The molecule has 9 heteroatoms. The molecule has 2 unspecified atom stereocenters. The summed E-state index contributed by atoms with van der Waals surface area (Å²) in [5.74, 6) is -1.19. The van der Waals surface area contributed by atoms with Crippen LogP contribution in [0.1, 0.15) is 30.1 Å². The second kappa shape index (κ2) is 8.61. The number of rotatable bonds is 9. The van der Waals surface area contributed by atoms with Crippen LogP contribution in [0.3, 0.4) is 0 Å². The predicted octanol–water partition coefficient (Wildman–Crippen LogP) is 1.29. The van der Waals surface area contributed by atoms with Gasteiger partial charge in [0.05, 0.1) is 24.0 Å². The first-order chi connectivity index (χ1) is 11.8. The molecule has 2 rings (SSSR count). The lowest BCUT2D eigenvalue weighted by molar-refractivity contribution is 0.0696. The Balaban J connectivity index is 2.26. The first kappa shape index (κ1) is 19.6. The van der Waals surface area contributed by atoms with E-state index in [1.54, 1.807) is 7.11 Å². The van der Waals surface area contributed by atoms with Gasteiger partial charge >= 0.3 is 5.97 Å². The number of anilines is 1. The number of carboxylic acid groups (broad SMARTS) is 1. The first-order valence-electron chi connectivity index (χ1n) is 8.07. The molecule has 1 aliphatic heterocycles. The Morgan fingerprint density at radius 2 is 2.24 bits per heavy atom. The van der Waals surface area contributed by atoms with E-state index in [-0.39, 0.29) is 29.1 Å². The standard InChI is InChI=1S/C16H24N2O6S/c1-11(10-23-2)18-14-6-5-12(16(19)20)8-15(14)25(21,22)17-9-13-4-3-7-24-13/h5-6,8,11,13,17-18H,3-4,7,9-10H2,1-2H3,(H,19,20). The van der Waals surface area contributed by atoms with E-state index in [0.717, 1.165) is 18.9 Å². The van der Waals surface area contributed by atoms with Crippen LogP contribution in [0.4, 0.5) is 5.69 Å². The van der Waals surface area contributed by atoms with E-state index in [4.69, 9.17) is 14.6 Å². The normalized spacial score (nSPS) is 18.9. The lowest BCUT2D eigenvalue weighted by atomic mass is 10.2. The van der Waals surface area contributed by atoms with Gasteiger partial charge < -0.3 is 19.9 Å². The largest absolute Gasteiger partial charge is 0.478 e. The van der Waals surface area contributed by atoms with Gasteiger partial charge in [-0.05, 0) is 38.0 Å². The molecular formula is C16H24N2O6S. The van der Waals surface area contributed by atoms with Gasteiger partial charge in [0.2, 0.25) is 10.0 Å². The van der Waals surface area contributed by atoms with Crippen molar-refractivity contribution in [3.05, 3.63) is 23.8 Å². The quantitative estimate of drug-likeness (QED) is 0.598. The predicted molar refractivity (Wildman–Crippen MR) is 92.5 cm³/mol. The number of hydrogen-bond acceptors (Lipinski definition) is 6. The first-order valence-corrected chi connectivity index (χ1v) is 9.56.